The van der Waals surface area contributed by atoms with Gasteiger partial charge in [0.05, 0.1) is 11.1 Å². The third kappa shape index (κ3) is 4.35. The van der Waals surface area contributed by atoms with Crippen molar-refractivity contribution in [3.05, 3.63) is 118 Å². The fraction of sp³-hybridized carbons (Fsp3) is 0.133. The molecule has 168 valence electrons. The predicted octanol–water partition coefficient (Wildman–Crippen LogP) is 6.30. The lowest BCUT2D eigenvalue weighted by molar-refractivity contribution is 0.0686. The summed E-state index contributed by atoms with van der Waals surface area (Å²) in [6.07, 6.45) is 3.49. The zero-order valence-electron chi connectivity index (χ0n) is 18.6. The van der Waals surface area contributed by atoms with Crippen LogP contribution in [0, 0.1) is 0 Å². The van der Waals surface area contributed by atoms with Crippen molar-refractivity contribution >= 4 is 11.9 Å². The minimum atomic E-state index is -0.918. The summed E-state index contributed by atoms with van der Waals surface area (Å²) < 4.78 is 0. The van der Waals surface area contributed by atoms with Gasteiger partial charge in [-0.2, -0.15) is 0 Å². The van der Waals surface area contributed by atoms with Gasteiger partial charge in [0.15, 0.2) is 0 Å². The van der Waals surface area contributed by atoms with E-state index in [4.69, 9.17) is 0 Å². The van der Waals surface area contributed by atoms with Gasteiger partial charge in [-0.15, -0.1) is 0 Å². The summed E-state index contributed by atoms with van der Waals surface area (Å²) in [6, 6.07) is 27.5. The van der Waals surface area contributed by atoms with E-state index >= 15 is 0 Å². The standard InChI is InChI=1S/C30H24O4/c31-29(32)25-13-9-23(10-14-25)27-17-19-1-5-21(27)8-4-20-2-6-22(7-3-19)28(18-20)24-11-15-26(16-12-24)30(33)34/h1-2,5-6,9-18H,3-4,7-8H2,(H,31,32)(H,33,34). The normalized spacial score (nSPS) is 12.7. The molecule has 4 aliphatic carbocycles. The van der Waals surface area contributed by atoms with Gasteiger partial charge in [0.2, 0.25) is 0 Å². The molecule has 34 heavy (non-hydrogen) atoms. The number of carbonyl (C=O) groups is 2. The molecule has 0 spiro atoms. The van der Waals surface area contributed by atoms with Crippen molar-refractivity contribution in [2.45, 2.75) is 25.7 Å². The molecule has 4 aromatic carbocycles. The molecule has 0 aliphatic heterocycles. The van der Waals surface area contributed by atoms with Gasteiger partial charge in [-0.3, -0.25) is 0 Å². The molecule has 8 rings (SSSR count). The number of aryl methyl sites for hydroxylation is 4. The van der Waals surface area contributed by atoms with E-state index in [0.29, 0.717) is 11.1 Å². The van der Waals surface area contributed by atoms with Gasteiger partial charge in [-0.1, -0.05) is 60.7 Å². The molecule has 0 fully saturated rings. The van der Waals surface area contributed by atoms with E-state index in [1.54, 1.807) is 24.3 Å². The van der Waals surface area contributed by atoms with E-state index in [0.717, 1.165) is 47.9 Å². The molecule has 4 aliphatic rings. The summed E-state index contributed by atoms with van der Waals surface area (Å²) in [5.74, 6) is -1.84. The molecule has 4 aromatic rings. The molecule has 0 atom stereocenters. The highest BCUT2D eigenvalue weighted by Crippen LogP contribution is 2.31. The Balaban J connectivity index is 1.50. The molecule has 0 heterocycles. The molecular formula is C30H24O4. The number of carboxylic acids is 2. The summed E-state index contributed by atoms with van der Waals surface area (Å²) in [6.45, 7) is 0. The lowest BCUT2D eigenvalue weighted by atomic mass is 9.87. The van der Waals surface area contributed by atoms with Gasteiger partial charge in [0.25, 0.3) is 0 Å². The molecular weight excluding hydrogens is 424 g/mol. The van der Waals surface area contributed by atoms with E-state index in [1.165, 1.54) is 22.3 Å². The number of aromatic carboxylic acids is 2. The largest absolute Gasteiger partial charge is 0.478 e. The van der Waals surface area contributed by atoms with Gasteiger partial charge in [-0.05, 0) is 94.5 Å². The third-order valence-electron chi connectivity index (χ3n) is 6.60. The summed E-state index contributed by atoms with van der Waals surface area (Å²) in [5.41, 5.74) is 9.92. The van der Waals surface area contributed by atoms with Gasteiger partial charge in [0, 0.05) is 0 Å². The fourth-order valence-electron chi connectivity index (χ4n) is 4.67. The molecule has 4 heteroatoms. The molecule has 2 N–H and O–H groups in total. The van der Waals surface area contributed by atoms with Crippen molar-refractivity contribution in [3.8, 4) is 22.3 Å². The molecule has 4 nitrogen and oxygen atoms in total. The molecule has 0 saturated heterocycles. The topological polar surface area (TPSA) is 74.6 Å². The van der Waals surface area contributed by atoms with Crippen LogP contribution in [0.3, 0.4) is 0 Å². The average Bonchev–Trinajstić information content (AvgIpc) is 2.85. The van der Waals surface area contributed by atoms with Crippen LogP contribution in [0.15, 0.2) is 84.9 Å². The Hall–Kier alpha value is -4.18. The summed E-state index contributed by atoms with van der Waals surface area (Å²) in [5, 5.41) is 18.4. The second-order valence-electron chi connectivity index (χ2n) is 8.75. The van der Waals surface area contributed by atoms with Crippen molar-refractivity contribution in [1.29, 1.82) is 0 Å². The van der Waals surface area contributed by atoms with Gasteiger partial charge in [0.1, 0.15) is 0 Å². The van der Waals surface area contributed by atoms with Gasteiger partial charge < -0.3 is 10.2 Å². The number of hydrogen-bond acceptors (Lipinski definition) is 2. The fourth-order valence-corrected chi connectivity index (χ4v) is 4.67. The molecule has 4 bridgehead atoms. The molecule has 0 unspecified atom stereocenters. The maximum atomic E-state index is 11.2. The van der Waals surface area contributed by atoms with E-state index in [2.05, 4.69) is 36.4 Å². The van der Waals surface area contributed by atoms with Crippen molar-refractivity contribution in [3.63, 3.8) is 0 Å². The second kappa shape index (κ2) is 8.99. The highest BCUT2D eigenvalue weighted by Gasteiger charge is 2.14. The van der Waals surface area contributed by atoms with Crippen LogP contribution in [0.2, 0.25) is 0 Å². The van der Waals surface area contributed by atoms with Crippen LogP contribution in [-0.4, -0.2) is 22.2 Å². The van der Waals surface area contributed by atoms with Crippen LogP contribution in [0.4, 0.5) is 0 Å². The quantitative estimate of drug-likeness (QED) is 0.384. The lowest BCUT2D eigenvalue weighted by Gasteiger charge is -2.17. The highest BCUT2D eigenvalue weighted by molar-refractivity contribution is 5.89. The van der Waals surface area contributed by atoms with E-state index in [9.17, 15) is 19.8 Å². The predicted molar refractivity (Wildman–Crippen MR) is 132 cm³/mol. The average molecular weight is 449 g/mol. The lowest BCUT2D eigenvalue weighted by Crippen LogP contribution is -2.02. The Morgan fingerprint density at radius 1 is 0.500 bits per heavy atom. The summed E-state index contributed by atoms with van der Waals surface area (Å²) >= 11 is 0. The van der Waals surface area contributed by atoms with Gasteiger partial charge in [-0.25, -0.2) is 9.59 Å². The maximum absolute atomic E-state index is 11.2. The van der Waals surface area contributed by atoms with Crippen LogP contribution in [0.1, 0.15) is 43.0 Å². The molecule has 0 aromatic heterocycles. The number of rotatable bonds is 4. The Kier molecular flexibility index (Phi) is 5.72. The smallest absolute Gasteiger partial charge is 0.335 e. The number of carboxylic acid groups (broad SMARTS) is 2. The first-order chi connectivity index (χ1) is 16.5. The number of benzene rings is 4. The Morgan fingerprint density at radius 3 is 1.24 bits per heavy atom. The minimum Gasteiger partial charge on any atom is -0.478 e. The zero-order chi connectivity index (χ0) is 23.7. The monoisotopic (exact) mass is 448 g/mol. The van der Waals surface area contributed by atoms with Crippen molar-refractivity contribution in [1.82, 2.24) is 0 Å². The Labute approximate surface area is 198 Å². The van der Waals surface area contributed by atoms with Crippen LogP contribution in [0.25, 0.3) is 22.3 Å². The Bertz CT molecular complexity index is 1270. The molecule has 0 saturated carbocycles. The van der Waals surface area contributed by atoms with E-state index in [1.807, 2.05) is 24.3 Å². The van der Waals surface area contributed by atoms with E-state index in [-0.39, 0.29) is 0 Å². The number of hydrogen-bond donors (Lipinski definition) is 2. The maximum Gasteiger partial charge on any atom is 0.335 e. The van der Waals surface area contributed by atoms with Crippen molar-refractivity contribution in [2.24, 2.45) is 0 Å². The zero-order valence-corrected chi connectivity index (χ0v) is 18.6. The molecule has 0 radical (unpaired) electrons. The minimum absolute atomic E-state index is 0.291. The first-order valence-electron chi connectivity index (χ1n) is 11.4. The van der Waals surface area contributed by atoms with Gasteiger partial charge >= 0.3 is 11.9 Å². The van der Waals surface area contributed by atoms with Crippen LogP contribution in [-0.2, 0) is 25.7 Å². The third-order valence-corrected chi connectivity index (χ3v) is 6.60. The second-order valence-corrected chi connectivity index (χ2v) is 8.75. The van der Waals surface area contributed by atoms with Crippen LogP contribution < -0.4 is 0 Å². The Morgan fingerprint density at radius 2 is 0.882 bits per heavy atom. The van der Waals surface area contributed by atoms with E-state index < -0.39 is 11.9 Å². The first-order valence-corrected chi connectivity index (χ1v) is 11.4. The summed E-state index contributed by atoms with van der Waals surface area (Å²) in [7, 11) is 0. The van der Waals surface area contributed by atoms with Crippen LogP contribution >= 0.6 is 0 Å². The van der Waals surface area contributed by atoms with Crippen LogP contribution in [0.5, 0.6) is 0 Å². The van der Waals surface area contributed by atoms with Crippen molar-refractivity contribution < 1.29 is 19.8 Å². The van der Waals surface area contributed by atoms with Crippen molar-refractivity contribution in [2.75, 3.05) is 0 Å². The SMILES string of the molecule is O=C(O)c1ccc(-c2cc3ccc2CCc2ccc(c(-c4ccc(C(=O)O)cc4)c2)CC3)cc1. The highest BCUT2D eigenvalue weighted by atomic mass is 16.4. The first kappa shape index (κ1) is 21.7. The summed E-state index contributed by atoms with van der Waals surface area (Å²) in [4.78, 5) is 22.5. The molecule has 0 amide bonds.